The van der Waals surface area contributed by atoms with Gasteiger partial charge in [-0.15, -0.1) is 0 Å². The second-order valence-corrected chi connectivity index (χ2v) is 3.97. The van der Waals surface area contributed by atoms with E-state index in [-0.39, 0.29) is 0 Å². The molecule has 0 aliphatic carbocycles. The molecular formula is C13H12N2O3. The van der Waals surface area contributed by atoms with E-state index >= 15 is 0 Å². The number of amides is 1. The number of anilines is 1. The molecule has 0 fully saturated rings. The van der Waals surface area contributed by atoms with Crippen molar-refractivity contribution < 1.29 is 14.7 Å². The van der Waals surface area contributed by atoms with Gasteiger partial charge in [-0.1, -0.05) is 18.2 Å². The van der Waals surface area contributed by atoms with Crippen molar-refractivity contribution in [3.05, 3.63) is 36.5 Å². The van der Waals surface area contributed by atoms with Gasteiger partial charge in [0.25, 0.3) is 0 Å². The molecule has 1 amide bonds. The highest BCUT2D eigenvalue weighted by molar-refractivity contribution is 6.04. The summed E-state index contributed by atoms with van der Waals surface area (Å²) in [6.45, 7) is 1.34. The largest absolute Gasteiger partial charge is 0.481 e. The fourth-order valence-corrected chi connectivity index (χ4v) is 1.50. The van der Waals surface area contributed by atoms with E-state index in [4.69, 9.17) is 5.11 Å². The van der Waals surface area contributed by atoms with Crippen LogP contribution in [-0.4, -0.2) is 22.0 Å². The minimum atomic E-state index is -1.15. The molecule has 2 rings (SSSR count). The molecule has 0 aliphatic heterocycles. The van der Waals surface area contributed by atoms with Crippen molar-refractivity contribution in [1.29, 1.82) is 0 Å². The van der Waals surface area contributed by atoms with E-state index in [0.717, 1.165) is 10.9 Å². The van der Waals surface area contributed by atoms with Crippen molar-refractivity contribution in [1.82, 2.24) is 4.98 Å². The highest BCUT2D eigenvalue weighted by Crippen LogP contribution is 2.16. The average molecular weight is 244 g/mol. The van der Waals surface area contributed by atoms with Crippen molar-refractivity contribution in [2.45, 2.75) is 6.92 Å². The third-order valence-electron chi connectivity index (χ3n) is 2.62. The summed E-state index contributed by atoms with van der Waals surface area (Å²) in [5.74, 6) is -2.79. The summed E-state index contributed by atoms with van der Waals surface area (Å²) in [4.78, 5) is 26.4. The molecule has 92 valence electrons. The monoisotopic (exact) mass is 244 g/mol. The number of aliphatic carboxylic acids is 1. The summed E-state index contributed by atoms with van der Waals surface area (Å²) in [5.41, 5.74) is 1.31. The Labute approximate surface area is 103 Å². The topological polar surface area (TPSA) is 79.3 Å². The Morgan fingerprint density at radius 1 is 1.33 bits per heavy atom. The molecule has 1 aromatic carbocycles. The minimum Gasteiger partial charge on any atom is -0.481 e. The molecule has 5 heteroatoms. The SMILES string of the molecule is CC(C(=O)O)C(=O)Nc1cnc2ccccc2c1. The normalized spacial score (nSPS) is 12.1. The summed E-state index contributed by atoms with van der Waals surface area (Å²) in [6, 6.07) is 9.24. The average Bonchev–Trinajstić information content (AvgIpc) is 2.37. The van der Waals surface area contributed by atoms with Gasteiger partial charge in [-0.2, -0.15) is 0 Å². The molecule has 5 nitrogen and oxygen atoms in total. The number of nitrogens with zero attached hydrogens (tertiary/aromatic N) is 1. The Balaban J connectivity index is 2.22. The number of carbonyl (C=O) groups excluding carboxylic acids is 1. The van der Waals surface area contributed by atoms with Crippen LogP contribution in [0.2, 0.25) is 0 Å². The fraction of sp³-hybridized carbons (Fsp3) is 0.154. The van der Waals surface area contributed by atoms with E-state index in [1.165, 1.54) is 13.1 Å². The molecule has 0 spiro atoms. The number of carboxylic acid groups (broad SMARTS) is 1. The molecule has 0 saturated heterocycles. The molecule has 0 aliphatic rings. The van der Waals surface area contributed by atoms with Gasteiger partial charge < -0.3 is 10.4 Å². The first-order chi connectivity index (χ1) is 8.58. The Hall–Kier alpha value is -2.43. The van der Waals surface area contributed by atoms with Gasteiger partial charge in [0.05, 0.1) is 17.4 Å². The molecule has 2 N–H and O–H groups in total. The smallest absolute Gasteiger partial charge is 0.315 e. The molecule has 0 radical (unpaired) electrons. The standard InChI is InChI=1S/C13H12N2O3/c1-8(13(17)18)12(16)15-10-6-9-4-2-3-5-11(9)14-7-10/h2-8H,1H3,(H,15,16)(H,17,18). The van der Waals surface area contributed by atoms with Crippen LogP contribution in [0.1, 0.15) is 6.92 Å². The lowest BCUT2D eigenvalue weighted by molar-refractivity contribution is -0.144. The summed E-state index contributed by atoms with van der Waals surface area (Å²) in [6.07, 6.45) is 1.51. The van der Waals surface area contributed by atoms with Crippen LogP contribution in [0.3, 0.4) is 0 Å². The van der Waals surface area contributed by atoms with Gasteiger partial charge in [0.15, 0.2) is 0 Å². The lowest BCUT2D eigenvalue weighted by Crippen LogP contribution is -2.26. The molecular weight excluding hydrogens is 232 g/mol. The predicted molar refractivity (Wildman–Crippen MR) is 67.2 cm³/mol. The molecule has 1 atom stereocenters. The molecule has 1 unspecified atom stereocenters. The number of benzene rings is 1. The number of rotatable bonds is 3. The van der Waals surface area contributed by atoms with E-state index in [0.29, 0.717) is 5.69 Å². The van der Waals surface area contributed by atoms with Gasteiger partial charge in [0.2, 0.25) is 5.91 Å². The predicted octanol–water partition coefficient (Wildman–Crippen LogP) is 1.89. The quantitative estimate of drug-likeness (QED) is 0.808. The van der Waals surface area contributed by atoms with Gasteiger partial charge >= 0.3 is 5.97 Å². The fourth-order valence-electron chi connectivity index (χ4n) is 1.50. The maximum absolute atomic E-state index is 11.6. The number of carbonyl (C=O) groups is 2. The van der Waals surface area contributed by atoms with Crippen LogP contribution in [-0.2, 0) is 9.59 Å². The Morgan fingerprint density at radius 3 is 2.78 bits per heavy atom. The van der Waals surface area contributed by atoms with Crippen LogP contribution in [0.25, 0.3) is 10.9 Å². The lowest BCUT2D eigenvalue weighted by atomic mass is 10.1. The van der Waals surface area contributed by atoms with Crippen LogP contribution in [0.5, 0.6) is 0 Å². The summed E-state index contributed by atoms with van der Waals surface area (Å²) in [5, 5.41) is 12.1. The van der Waals surface area contributed by atoms with Crippen molar-refractivity contribution >= 4 is 28.5 Å². The number of nitrogens with one attached hydrogen (secondary N) is 1. The van der Waals surface area contributed by atoms with Gasteiger partial charge in [-0.25, -0.2) is 0 Å². The van der Waals surface area contributed by atoms with Crippen LogP contribution in [0.4, 0.5) is 5.69 Å². The minimum absolute atomic E-state index is 0.492. The number of fused-ring (bicyclic) bond motifs is 1. The lowest BCUT2D eigenvalue weighted by Gasteiger charge is -2.08. The summed E-state index contributed by atoms with van der Waals surface area (Å²) < 4.78 is 0. The molecule has 1 heterocycles. The Morgan fingerprint density at radius 2 is 2.06 bits per heavy atom. The van der Waals surface area contributed by atoms with E-state index in [9.17, 15) is 9.59 Å². The van der Waals surface area contributed by atoms with E-state index in [1.54, 1.807) is 6.07 Å². The van der Waals surface area contributed by atoms with Crippen molar-refractivity contribution in [2.24, 2.45) is 5.92 Å². The first-order valence-corrected chi connectivity index (χ1v) is 5.46. The zero-order chi connectivity index (χ0) is 13.1. The summed E-state index contributed by atoms with van der Waals surface area (Å²) >= 11 is 0. The second kappa shape index (κ2) is 4.83. The van der Waals surface area contributed by atoms with Crippen LogP contribution in [0.15, 0.2) is 36.5 Å². The molecule has 0 bridgehead atoms. The van der Waals surface area contributed by atoms with Crippen molar-refractivity contribution in [3.63, 3.8) is 0 Å². The first kappa shape index (κ1) is 12.0. The number of para-hydroxylation sites is 1. The maximum atomic E-state index is 11.6. The van der Waals surface area contributed by atoms with Crippen LogP contribution in [0, 0.1) is 5.92 Å². The number of hydrogen-bond donors (Lipinski definition) is 2. The first-order valence-electron chi connectivity index (χ1n) is 5.46. The second-order valence-electron chi connectivity index (χ2n) is 3.97. The summed E-state index contributed by atoms with van der Waals surface area (Å²) in [7, 11) is 0. The van der Waals surface area contributed by atoms with Crippen LogP contribution < -0.4 is 5.32 Å². The molecule has 1 aromatic heterocycles. The van der Waals surface area contributed by atoms with Crippen LogP contribution >= 0.6 is 0 Å². The van der Waals surface area contributed by atoms with Gasteiger partial charge in [-0.3, -0.25) is 14.6 Å². The third kappa shape index (κ3) is 2.45. The van der Waals surface area contributed by atoms with Gasteiger partial charge in [-0.05, 0) is 19.1 Å². The Bertz CT molecular complexity index is 610. The molecule has 0 saturated carbocycles. The van der Waals surface area contributed by atoms with Crippen molar-refractivity contribution in [2.75, 3.05) is 5.32 Å². The number of pyridine rings is 1. The maximum Gasteiger partial charge on any atom is 0.315 e. The van der Waals surface area contributed by atoms with Gasteiger partial charge in [0, 0.05) is 5.39 Å². The highest BCUT2D eigenvalue weighted by atomic mass is 16.4. The Kier molecular flexibility index (Phi) is 3.23. The molecule has 2 aromatic rings. The molecule has 18 heavy (non-hydrogen) atoms. The highest BCUT2D eigenvalue weighted by Gasteiger charge is 2.20. The number of hydrogen-bond acceptors (Lipinski definition) is 3. The van der Waals surface area contributed by atoms with E-state index in [1.807, 2.05) is 24.3 Å². The van der Waals surface area contributed by atoms with Crippen molar-refractivity contribution in [3.8, 4) is 0 Å². The number of aromatic nitrogens is 1. The van der Waals surface area contributed by atoms with E-state index < -0.39 is 17.8 Å². The third-order valence-corrected chi connectivity index (χ3v) is 2.62. The van der Waals surface area contributed by atoms with E-state index in [2.05, 4.69) is 10.3 Å². The van der Waals surface area contributed by atoms with Gasteiger partial charge in [0.1, 0.15) is 5.92 Å². The zero-order valence-electron chi connectivity index (χ0n) is 9.75. The zero-order valence-corrected chi connectivity index (χ0v) is 9.75. The number of carboxylic acids is 1.